The first-order chi connectivity index (χ1) is 8.08. The van der Waals surface area contributed by atoms with Gasteiger partial charge in [-0.15, -0.1) is 5.10 Å². The topological polar surface area (TPSA) is 102 Å². The summed E-state index contributed by atoms with van der Waals surface area (Å²) in [5.41, 5.74) is -1.07. The molecule has 0 bridgehead atoms. The first-order valence-electron chi connectivity index (χ1n) is 5.70. The number of aromatic amines is 2. The lowest BCUT2D eigenvalue weighted by Crippen LogP contribution is -2.41. The molecule has 1 fully saturated rings. The Bertz CT molecular complexity index is 485. The van der Waals surface area contributed by atoms with Gasteiger partial charge in [0.1, 0.15) is 0 Å². The largest absolute Gasteiger partial charge is 0.393 e. The number of piperidine rings is 1. The van der Waals surface area contributed by atoms with Gasteiger partial charge in [-0.3, -0.25) is 9.78 Å². The van der Waals surface area contributed by atoms with Gasteiger partial charge in [-0.05, 0) is 25.7 Å². The maximum Gasteiger partial charge on any atom is 0.342 e. The third-order valence-electron chi connectivity index (χ3n) is 3.21. The number of anilines is 1. The van der Waals surface area contributed by atoms with E-state index in [1.54, 1.807) is 6.92 Å². The van der Waals surface area contributed by atoms with Crippen LogP contribution in [0.4, 0.5) is 5.82 Å². The molecular weight excluding hydrogens is 224 g/mol. The number of nitrogens with one attached hydrogen (secondary N) is 2. The molecule has 7 nitrogen and oxygen atoms in total. The van der Waals surface area contributed by atoms with Crippen molar-refractivity contribution in [2.45, 2.75) is 25.9 Å². The summed E-state index contributed by atoms with van der Waals surface area (Å²) >= 11 is 0. The van der Waals surface area contributed by atoms with Crippen molar-refractivity contribution in [3.05, 3.63) is 20.8 Å². The van der Waals surface area contributed by atoms with Gasteiger partial charge in [-0.25, -0.2) is 9.89 Å². The molecule has 0 aliphatic carbocycles. The Labute approximate surface area is 97.5 Å². The summed E-state index contributed by atoms with van der Waals surface area (Å²) in [4.78, 5) is 26.3. The number of hydrogen-bond acceptors (Lipinski definition) is 5. The molecule has 0 aromatic carbocycles. The monoisotopic (exact) mass is 240 g/mol. The molecule has 0 spiro atoms. The Morgan fingerprint density at radius 1 is 1.41 bits per heavy atom. The fraction of sp³-hybridized carbons (Fsp3) is 0.700. The van der Waals surface area contributed by atoms with Crippen LogP contribution in [-0.2, 0) is 0 Å². The van der Waals surface area contributed by atoms with Crippen LogP contribution in [0, 0.1) is 5.92 Å². The van der Waals surface area contributed by atoms with Crippen molar-refractivity contribution >= 4 is 5.82 Å². The van der Waals surface area contributed by atoms with Crippen molar-refractivity contribution in [2.24, 2.45) is 5.92 Å². The predicted molar refractivity (Wildman–Crippen MR) is 62.1 cm³/mol. The second kappa shape index (κ2) is 4.70. The third-order valence-corrected chi connectivity index (χ3v) is 3.21. The number of aliphatic hydroxyl groups is 1. The van der Waals surface area contributed by atoms with E-state index in [4.69, 9.17) is 0 Å². The minimum atomic E-state index is -0.599. The molecular formula is C10H16N4O3. The lowest BCUT2D eigenvalue weighted by Gasteiger charge is -2.33. The van der Waals surface area contributed by atoms with Gasteiger partial charge in [0.2, 0.25) is 5.82 Å². The summed E-state index contributed by atoms with van der Waals surface area (Å²) in [5, 5.41) is 15.4. The summed E-state index contributed by atoms with van der Waals surface area (Å²) < 4.78 is 0. The Morgan fingerprint density at radius 2 is 2.06 bits per heavy atom. The van der Waals surface area contributed by atoms with Crippen LogP contribution in [0.3, 0.4) is 0 Å². The molecule has 17 heavy (non-hydrogen) atoms. The van der Waals surface area contributed by atoms with E-state index >= 15 is 0 Å². The van der Waals surface area contributed by atoms with Crippen LogP contribution in [-0.4, -0.2) is 39.5 Å². The molecule has 94 valence electrons. The molecule has 1 saturated heterocycles. The van der Waals surface area contributed by atoms with Crippen molar-refractivity contribution in [3.8, 4) is 0 Å². The minimum absolute atomic E-state index is 0.244. The molecule has 0 radical (unpaired) electrons. The van der Waals surface area contributed by atoms with Gasteiger partial charge in [-0.1, -0.05) is 0 Å². The number of aromatic nitrogens is 3. The summed E-state index contributed by atoms with van der Waals surface area (Å²) in [6.07, 6.45) is 1.31. The highest BCUT2D eigenvalue weighted by Gasteiger charge is 2.24. The van der Waals surface area contributed by atoms with E-state index in [0.29, 0.717) is 13.1 Å². The molecule has 1 aromatic heterocycles. The predicted octanol–water partition coefficient (Wildman–Crippen LogP) is -0.945. The van der Waals surface area contributed by atoms with Gasteiger partial charge in [0.15, 0.2) is 0 Å². The van der Waals surface area contributed by atoms with Crippen molar-refractivity contribution in [1.29, 1.82) is 0 Å². The van der Waals surface area contributed by atoms with Gasteiger partial charge >= 0.3 is 5.69 Å². The Kier molecular flexibility index (Phi) is 3.28. The highest BCUT2D eigenvalue weighted by atomic mass is 16.3. The molecule has 2 heterocycles. The second-order valence-corrected chi connectivity index (χ2v) is 4.40. The maximum atomic E-state index is 11.5. The van der Waals surface area contributed by atoms with Gasteiger partial charge in [0, 0.05) is 13.1 Å². The third kappa shape index (κ3) is 2.55. The normalized spacial score (nSPS) is 19.3. The zero-order chi connectivity index (χ0) is 12.4. The smallest absolute Gasteiger partial charge is 0.342 e. The minimum Gasteiger partial charge on any atom is -0.393 e. The van der Waals surface area contributed by atoms with Gasteiger partial charge in [0.05, 0.1) is 6.10 Å². The highest BCUT2D eigenvalue weighted by Crippen LogP contribution is 2.21. The standard InChI is InChI=1S/C10H16N4O3/c1-6(15)7-2-4-14(5-3-7)8-9(16)11-10(17)13-12-8/h6-7,15H,2-5H2,1H3,(H2,11,13,16,17). The van der Waals surface area contributed by atoms with Crippen LogP contribution < -0.4 is 16.1 Å². The van der Waals surface area contributed by atoms with E-state index in [9.17, 15) is 14.7 Å². The quantitative estimate of drug-likeness (QED) is 0.619. The molecule has 1 unspecified atom stereocenters. The van der Waals surface area contributed by atoms with Crippen LogP contribution >= 0.6 is 0 Å². The molecule has 0 amide bonds. The molecule has 3 N–H and O–H groups in total. The van der Waals surface area contributed by atoms with E-state index in [1.807, 2.05) is 4.90 Å². The average Bonchev–Trinajstić information content (AvgIpc) is 2.29. The van der Waals surface area contributed by atoms with E-state index in [1.165, 1.54) is 0 Å². The molecule has 1 aliphatic heterocycles. The number of H-pyrrole nitrogens is 2. The summed E-state index contributed by atoms with van der Waals surface area (Å²) in [7, 11) is 0. The Hall–Kier alpha value is -1.63. The van der Waals surface area contributed by atoms with Crippen LogP contribution in [0.5, 0.6) is 0 Å². The maximum absolute atomic E-state index is 11.5. The van der Waals surface area contributed by atoms with E-state index in [0.717, 1.165) is 12.8 Å². The summed E-state index contributed by atoms with van der Waals surface area (Å²) in [6, 6.07) is 0. The van der Waals surface area contributed by atoms with Crippen LogP contribution in [0.25, 0.3) is 0 Å². The summed E-state index contributed by atoms with van der Waals surface area (Å²) in [5.74, 6) is 0.515. The number of aliphatic hydroxyl groups excluding tert-OH is 1. The zero-order valence-electron chi connectivity index (χ0n) is 9.64. The number of nitrogens with zero attached hydrogens (tertiary/aromatic N) is 2. The molecule has 2 rings (SSSR count). The van der Waals surface area contributed by atoms with E-state index in [2.05, 4.69) is 15.2 Å². The van der Waals surface area contributed by atoms with Crippen LogP contribution in [0.15, 0.2) is 9.59 Å². The first kappa shape index (κ1) is 11.8. The fourth-order valence-electron chi connectivity index (χ4n) is 2.15. The van der Waals surface area contributed by atoms with Crippen molar-refractivity contribution in [3.63, 3.8) is 0 Å². The molecule has 1 aromatic rings. The molecule has 7 heteroatoms. The Balaban J connectivity index is 2.11. The number of rotatable bonds is 2. The second-order valence-electron chi connectivity index (χ2n) is 4.40. The van der Waals surface area contributed by atoms with Crippen LogP contribution in [0.2, 0.25) is 0 Å². The molecule has 1 atom stereocenters. The van der Waals surface area contributed by atoms with Crippen LogP contribution in [0.1, 0.15) is 19.8 Å². The van der Waals surface area contributed by atoms with Crippen molar-refractivity contribution in [2.75, 3.05) is 18.0 Å². The zero-order valence-corrected chi connectivity index (χ0v) is 9.64. The molecule has 1 aliphatic rings. The SMILES string of the molecule is CC(O)C1CCN(c2n[nH]c(=O)[nH]c2=O)CC1. The Morgan fingerprint density at radius 3 is 2.59 bits per heavy atom. The lowest BCUT2D eigenvalue weighted by atomic mass is 9.92. The van der Waals surface area contributed by atoms with E-state index in [-0.39, 0.29) is 17.8 Å². The summed E-state index contributed by atoms with van der Waals surface area (Å²) in [6.45, 7) is 3.11. The van der Waals surface area contributed by atoms with Gasteiger partial charge < -0.3 is 10.0 Å². The number of hydrogen-bond donors (Lipinski definition) is 3. The van der Waals surface area contributed by atoms with Gasteiger partial charge in [0.25, 0.3) is 5.56 Å². The highest BCUT2D eigenvalue weighted by molar-refractivity contribution is 5.34. The molecule has 0 saturated carbocycles. The fourth-order valence-corrected chi connectivity index (χ4v) is 2.15. The average molecular weight is 240 g/mol. The van der Waals surface area contributed by atoms with Crippen molar-refractivity contribution < 1.29 is 5.11 Å². The van der Waals surface area contributed by atoms with Crippen molar-refractivity contribution in [1.82, 2.24) is 15.2 Å². The van der Waals surface area contributed by atoms with E-state index < -0.39 is 11.2 Å². The first-order valence-corrected chi connectivity index (χ1v) is 5.70. The van der Waals surface area contributed by atoms with Gasteiger partial charge in [-0.2, -0.15) is 0 Å². The lowest BCUT2D eigenvalue weighted by molar-refractivity contribution is 0.109.